The molecular weight excluding hydrogens is 385 g/mol. The smallest absolute Gasteiger partial charge is 0.218 e. The number of aromatic hydroxyl groups is 1. The second kappa shape index (κ2) is 7.58. The molecular formula is C21H22FN7O. The van der Waals surface area contributed by atoms with Gasteiger partial charge in [-0.3, -0.25) is 4.68 Å². The van der Waals surface area contributed by atoms with E-state index in [9.17, 15) is 9.50 Å². The van der Waals surface area contributed by atoms with Gasteiger partial charge in [0.15, 0.2) is 11.6 Å². The van der Waals surface area contributed by atoms with E-state index in [-0.39, 0.29) is 11.7 Å². The molecule has 0 saturated carbocycles. The molecule has 2 N–H and O–H groups in total. The summed E-state index contributed by atoms with van der Waals surface area (Å²) >= 11 is 0. The number of hydrogen-bond donors (Lipinski definition) is 2. The van der Waals surface area contributed by atoms with Crippen LogP contribution in [0.15, 0.2) is 36.7 Å². The molecule has 30 heavy (non-hydrogen) atoms. The van der Waals surface area contributed by atoms with E-state index in [4.69, 9.17) is 0 Å². The highest BCUT2D eigenvalue weighted by Gasteiger charge is 2.18. The normalized spacial score (nSPS) is 11.1. The molecule has 0 fully saturated rings. The van der Waals surface area contributed by atoms with Crippen molar-refractivity contribution < 1.29 is 9.50 Å². The average Bonchev–Trinajstić information content (AvgIpc) is 3.19. The molecule has 0 saturated heterocycles. The van der Waals surface area contributed by atoms with Gasteiger partial charge in [-0.05, 0) is 44.5 Å². The summed E-state index contributed by atoms with van der Waals surface area (Å²) in [4.78, 5) is 8.49. The first kappa shape index (κ1) is 19.6. The van der Waals surface area contributed by atoms with Gasteiger partial charge in [-0.25, -0.2) is 14.4 Å². The summed E-state index contributed by atoms with van der Waals surface area (Å²) in [5.41, 5.74) is 4.20. The van der Waals surface area contributed by atoms with Crippen molar-refractivity contribution >= 4 is 11.6 Å². The lowest BCUT2D eigenvalue weighted by Crippen LogP contribution is -2.03. The van der Waals surface area contributed by atoms with Crippen molar-refractivity contribution in [3.63, 3.8) is 0 Å². The molecule has 9 heteroatoms. The van der Waals surface area contributed by atoms with Crippen LogP contribution in [-0.4, -0.2) is 34.6 Å². The van der Waals surface area contributed by atoms with Gasteiger partial charge in [0.05, 0.1) is 11.4 Å². The largest absolute Gasteiger partial charge is 0.493 e. The quantitative estimate of drug-likeness (QED) is 0.522. The first-order valence-electron chi connectivity index (χ1n) is 9.55. The number of halogens is 1. The molecule has 0 unspecified atom stereocenters. The maximum Gasteiger partial charge on any atom is 0.218 e. The van der Waals surface area contributed by atoms with Crippen LogP contribution in [0, 0.1) is 19.7 Å². The number of anilines is 2. The van der Waals surface area contributed by atoms with E-state index in [2.05, 4.69) is 25.5 Å². The van der Waals surface area contributed by atoms with E-state index < -0.39 is 0 Å². The molecule has 3 aromatic heterocycles. The number of hydrogen-bond acceptors (Lipinski definition) is 6. The fourth-order valence-corrected chi connectivity index (χ4v) is 3.38. The van der Waals surface area contributed by atoms with Crippen molar-refractivity contribution in [2.45, 2.75) is 27.2 Å². The monoisotopic (exact) mass is 407 g/mol. The molecule has 3 heterocycles. The number of nitrogens with zero attached hydrogens (tertiary/aromatic N) is 6. The first-order valence-corrected chi connectivity index (χ1v) is 9.55. The van der Waals surface area contributed by atoms with Crippen LogP contribution < -0.4 is 5.32 Å². The van der Waals surface area contributed by atoms with Gasteiger partial charge < -0.3 is 10.4 Å². The highest BCUT2D eigenvalue weighted by Crippen LogP contribution is 2.31. The molecule has 0 radical (unpaired) electrons. The topological polar surface area (TPSA) is 93.7 Å². The molecule has 8 nitrogen and oxygen atoms in total. The Balaban J connectivity index is 1.71. The zero-order chi connectivity index (χ0) is 21.4. The molecule has 4 aromatic rings. The average molecular weight is 407 g/mol. The zero-order valence-electron chi connectivity index (χ0n) is 17.2. The van der Waals surface area contributed by atoms with E-state index in [0.717, 1.165) is 28.9 Å². The third-order valence-corrected chi connectivity index (χ3v) is 5.06. The van der Waals surface area contributed by atoms with E-state index in [0.29, 0.717) is 23.0 Å². The Bertz CT molecular complexity index is 1210. The van der Waals surface area contributed by atoms with Gasteiger partial charge >= 0.3 is 0 Å². The van der Waals surface area contributed by atoms with Crippen LogP contribution >= 0.6 is 0 Å². The van der Waals surface area contributed by atoms with E-state index in [1.807, 2.05) is 20.9 Å². The molecule has 0 amide bonds. The lowest BCUT2D eigenvalue weighted by Gasteiger charge is -2.08. The minimum atomic E-state index is -0.279. The molecule has 0 spiro atoms. The zero-order valence-corrected chi connectivity index (χ0v) is 17.2. The highest BCUT2D eigenvalue weighted by molar-refractivity contribution is 5.72. The first-order chi connectivity index (χ1) is 14.4. The Morgan fingerprint density at radius 2 is 1.83 bits per heavy atom. The summed E-state index contributed by atoms with van der Waals surface area (Å²) in [5, 5.41) is 22.5. The number of benzene rings is 1. The van der Waals surface area contributed by atoms with Crippen LogP contribution in [0.4, 0.5) is 16.0 Å². The van der Waals surface area contributed by atoms with E-state index in [1.54, 1.807) is 29.8 Å². The molecule has 0 atom stereocenters. The van der Waals surface area contributed by atoms with E-state index in [1.165, 1.54) is 23.1 Å². The van der Waals surface area contributed by atoms with Crippen LogP contribution in [-0.2, 0) is 13.5 Å². The van der Waals surface area contributed by atoms with Gasteiger partial charge in [0, 0.05) is 29.8 Å². The number of aromatic nitrogens is 6. The summed E-state index contributed by atoms with van der Waals surface area (Å²) in [6, 6.07) is 8.04. The predicted molar refractivity (Wildman–Crippen MR) is 112 cm³/mol. The Labute approximate surface area is 173 Å². The van der Waals surface area contributed by atoms with Crippen LogP contribution in [0.2, 0.25) is 0 Å². The maximum atomic E-state index is 13.3. The summed E-state index contributed by atoms with van der Waals surface area (Å²) in [7, 11) is 1.85. The van der Waals surface area contributed by atoms with Crippen LogP contribution in [0.25, 0.3) is 17.1 Å². The van der Waals surface area contributed by atoms with Crippen LogP contribution in [0.1, 0.15) is 23.7 Å². The van der Waals surface area contributed by atoms with Crippen molar-refractivity contribution in [2.24, 2.45) is 7.05 Å². The Morgan fingerprint density at radius 3 is 2.47 bits per heavy atom. The second-order valence-corrected chi connectivity index (χ2v) is 6.99. The molecule has 1 aromatic carbocycles. The SMILES string of the molecule is CCc1c(Nc2cc(-n3nc(C)c(C)c3O)ncn2)nn(C)c1-c1ccc(F)cc1. The van der Waals surface area contributed by atoms with Crippen molar-refractivity contribution in [1.82, 2.24) is 29.5 Å². The summed E-state index contributed by atoms with van der Waals surface area (Å²) < 4.78 is 16.5. The van der Waals surface area contributed by atoms with Crippen LogP contribution in [0.5, 0.6) is 5.88 Å². The number of nitrogens with one attached hydrogen (secondary N) is 1. The van der Waals surface area contributed by atoms with Gasteiger partial charge in [0.2, 0.25) is 5.88 Å². The number of aryl methyl sites for hydroxylation is 2. The molecule has 0 aliphatic carbocycles. The van der Waals surface area contributed by atoms with Gasteiger partial charge in [-0.1, -0.05) is 6.92 Å². The maximum absolute atomic E-state index is 13.3. The Hall–Kier alpha value is -3.75. The molecule has 4 rings (SSSR count). The van der Waals surface area contributed by atoms with Gasteiger partial charge in [-0.15, -0.1) is 0 Å². The molecule has 0 aliphatic rings. The fourth-order valence-electron chi connectivity index (χ4n) is 3.38. The second-order valence-electron chi connectivity index (χ2n) is 6.99. The van der Waals surface area contributed by atoms with Crippen molar-refractivity contribution in [3.05, 3.63) is 59.3 Å². The summed E-state index contributed by atoms with van der Waals surface area (Å²) in [5.74, 6) is 1.37. The van der Waals surface area contributed by atoms with Crippen molar-refractivity contribution in [3.8, 4) is 23.0 Å². The lowest BCUT2D eigenvalue weighted by atomic mass is 10.1. The fraction of sp³-hybridized carbons (Fsp3) is 0.238. The molecule has 0 aliphatic heterocycles. The third-order valence-electron chi connectivity index (χ3n) is 5.06. The van der Waals surface area contributed by atoms with Gasteiger partial charge in [-0.2, -0.15) is 14.9 Å². The standard InChI is InChI=1S/C21H22FN7O/c1-5-16-19(14-6-8-15(22)9-7-14)28(4)27-20(16)25-17-10-18(24-11-23-17)29-21(30)12(2)13(3)26-29/h6-11,30H,5H2,1-4H3,(H,23,24,25,27). The van der Waals surface area contributed by atoms with Gasteiger partial charge in [0.25, 0.3) is 0 Å². The predicted octanol–water partition coefficient (Wildman–Crippen LogP) is 3.83. The molecule has 154 valence electrons. The third kappa shape index (κ3) is 3.38. The summed E-state index contributed by atoms with van der Waals surface area (Å²) in [6.45, 7) is 5.66. The van der Waals surface area contributed by atoms with Crippen molar-refractivity contribution in [2.75, 3.05) is 5.32 Å². The minimum Gasteiger partial charge on any atom is -0.493 e. The van der Waals surface area contributed by atoms with E-state index >= 15 is 0 Å². The number of rotatable bonds is 5. The Kier molecular flexibility index (Phi) is 4.94. The molecule has 0 bridgehead atoms. The van der Waals surface area contributed by atoms with Crippen LogP contribution in [0.3, 0.4) is 0 Å². The van der Waals surface area contributed by atoms with Gasteiger partial charge in [0.1, 0.15) is 18.0 Å². The summed E-state index contributed by atoms with van der Waals surface area (Å²) in [6.07, 6.45) is 2.12. The minimum absolute atomic E-state index is 0.0443. The van der Waals surface area contributed by atoms with Crippen molar-refractivity contribution in [1.29, 1.82) is 0 Å². The lowest BCUT2D eigenvalue weighted by molar-refractivity contribution is 0.428. The Morgan fingerprint density at radius 1 is 1.10 bits per heavy atom. The highest BCUT2D eigenvalue weighted by atomic mass is 19.1.